The third-order valence-electron chi connectivity index (χ3n) is 3.21. The van der Waals surface area contributed by atoms with E-state index in [-0.39, 0.29) is 11.5 Å². The molecule has 0 radical (unpaired) electrons. The van der Waals surface area contributed by atoms with Crippen molar-refractivity contribution < 1.29 is 18.0 Å². The Morgan fingerprint density at radius 1 is 1.12 bits per heavy atom. The van der Waals surface area contributed by atoms with Gasteiger partial charge in [-0.25, -0.2) is 4.79 Å². The van der Waals surface area contributed by atoms with Gasteiger partial charge in [-0.15, -0.1) is 15.3 Å². The quantitative estimate of drug-likeness (QED) is 0.668. The fraction of sp³-hybridized carbons (Fsp3) is 0.143. The molecule has 3 aromatic rings. The lowest BCUT2D eigenvalue weighted by molar-refractivity contribution is -0.146. The Kier molecular flexibility index (Phi) is 4.13. The van der Waals surface area contributed by atoms with Crippen molar-refractivity contribution in [1.29, 1.82) is 0 Å². The maximum Gasteiger partial charge on any atom is 0.453 e. The van der Waals surface area contributed by atoms with Gasteiger partial charge in [0.1, 0.15) is 5.82 Å². The zero-order valence-electron chi connectivity index (χ0n) is 12.6. The Morgan fingerprint density at radius 2 is 1.84 bits per heavy atom. The van der Waals surface area contributed by atoms with Gasteiger partial charge in [-0.2, -0.15) is 17.7 Å². The molecule has 0 aliphatic rings. The standard InChI is InChI=1S/C14H12F3N7O/c15-14(16,17)12-22-21-11-6-5-10(23-24(11)12)19-7-8-1-3-9(4-2-8)20-13(18)25/h1-6H,7H2,(H,19,23)(H3,18,20,25). The van der Waals surface area contributed by atoms with E-state index in [1.807, 2.05) is 0 Å². The summed E-state index contributed by atoms with van der Waals surface area (Å²) in [5.74, 6) is -0.954. The maximum absolute atomic E-state index is 12.8. The molecule has 0 spiro atoms. The molecular formula is C14H12F3N7O. The predicted octanol–water partition coefficient (Wildman–Crippen LogP) is 2.25. The monoisotopic (exact) mass is 351 g/mol. The number of urea groups is 1. The van der Waals surface area contributed by atoms with Gasteiger partial charge in [0.05, 0.1) is 0 Å². The van der Waals surface area contributed by atoms with Gasteiger partial charge in [-0.3, -0.25) is 0 Å². The topological polar surface area (TPSA) is 110 Å². The molecule has 130 valence electrons. The van der Waals surface area contributed by atoms with Gasteiger partial charge in [0.15, 0.2) is 5.65 Å². The number of halogens is 3. The number of primary amides is 1. The van der Waals surface area contributed by atoms with Gasteiger partial charge >= 0.3 is 12.2 Å². The van der Waals surface area contributed by atoms with Crippen molar-refractivity contribution >= 4 is 23.2 Å². The zero-order valence-corrected chi connectivity index (χ0v) is 12.6. The number of carbonyl (C=O) groups is 1. The van der Waals surface area contributed by atoms with Crippen LogP contribution in [0.1, 0.15) is 11.4 Å². The minimum Gasteiger partial charge on any atom is -0.365 e. The number of aromatic nitrogens is 4. The maximum atomic E-state index is 12.8. The summed E-state index contributed by atoms with van der Waals surface area (Å²) in [6, 6.07) is 9.00. The van der Waals surface area contributed by atoms with E-state index >= 15 is 0 Å². The van der Waals surface area contributed by atoms with E-state index in [0.29, 0.717) is 16.7 Å². The molecule has 2 heterocycles. The Labute approximate surface area is 138 Å². The second-order valence-electron chi connectivity index (χ2n) is 5.05. The fourth-order valence-corrected chi connectivity index (χ4v) is 2.10. The highest BCUT2D eigenvalue weighted by Crippen LogP contribution is 2.27. The van der Waals surface area contributed by atoms with Crippen molar-refractivity contribution in [3.63, 3.8) is 0 Å². The predicted molar refractivity (Wildman–Crippen MR) is 82.8 cm³/mol. The molecule has 0 atom stereocenters. The van der Waals surface area contributed by atoms with E-state index in [9.17, 15) is 18.0 Å². The Morgan fingerprint density at radius 3 is 2.48 bits per heavy atom. The number of rotatable bonds is 4. The summed E-state index contributed by atoms with van der Waals surface area (Å²) >= 11 is 0. The van der Waals surface area contributed by atoms with Crippen LogP contribution in [0.3, 0.4) is 0 Å². The minimum atomic E-state index is -4.64. The number of nitrogens with one attached hydrogen (secondary N) is 2. The highest BCUT2D eigenvalue weighted by molar-refractivity contribution is 5.87. The first-order valence-electron chi connectivity index (χ1n) is 7.02. The minimum absolute atomic E-state index is 0.000228. The van der Waals surface area contributed by atoms with Crippen molar-refractivity contribution in [2.75, 3.05) is 10.6 Å². The summed E-state index contributed by atoms with van der Waals surface area (Å²) in [7, 11) is 0. The van der Waals surface area contributed by atoms with Crippen LogP contribution < -0.4 is 16.4 Å². The van der Waals surface area contributed by atoms with Gasteiger partial charge in [-0.05, 0) is 29.8 Å². The van der Waals surface area contributed by atoms with Crippen molar-refractivity contribution in [2.24, 2.45) is 5.73 Å². The fourth-order valence-electron chi connectivity index (χ4n) is 2.10. The highest BCUT2D eigenvalue weighted by Gasteiger charge is 2.37. The number of hydrogen-bond donors (Lipinski definition) is 3. The average Bonchev–Trinajstić information content (AvgIpc) is 2.97. The molecule has 0 aliphatic carbocycles. The lowest BCUT2D eigenvalue weighted by atomic mass is 10.2. The van der Waals surface area contributed by atoms with Crippen LogP contribution in [0.15, 0.2) is 36.4 Å². The molecule has 1 aromatic carbocycles. The van der Waals surface area contributed by atoms with Crippen LogP contribution in [0, 0.1) is 0 Å². The smallest absolute Gasteiger partial charge is 0.365 e. The first-order chi connectivity index (χ1) is 11.8. The Balaban J connectivity index is 1.74. The third-order valence-corrected chi connectivity index (χ3v) is 3.21. The van der Waals surface area contributed by atoms with Crippen LogP contribution in [0.5, 0.6) is 0 Å². The largest absolute Gasteiger partial charge is 0.453 e. The number of nitrogens with zero attached hydrogens (tertiary/aromatic N) is 4. The van der Waals surface area contributed by atoms with Gasteiger partial charge in [0.2, 0.25) is 0 Å². The molecule has 0 aliphatic heterocycles. The molecule has 25 heavy (non-hydrogen) atoms. The molecule has 8 nitrogen and oxygen atoms in total. The van der Waals surface area contributed by atoms with Crippen molar-refractivity contribution in [2.45, 2.75) is 12.7 Å². The number of nitrogens with two attached hydrogens (primary N) is 1. The second-order valence-corrected chi connectivity index (χ2v) is 5.05. The van der Waals surface area contributed by atoms with Gasteiger partial charge in [-0.1, -0.05) is 12.1 Å². The summed E-state index contributed by atoms with van der Waals surface area (Å²) in [5.41, 5.74) is 6.38. The van der Waals surface area contributed by atoms with E-state index in [4.69, 9.17) is 5.73 Å². The summed E-state index contributed by atoms with van der Waals surface area (Å²) in [6.07, 6.45) is -4.64. The van der Waals surface area contributed by atoms with E-state index in [1.54, 1.807) is 24.3 Å². The van der Waals surface area contributed by atoms with Crippen molar-refractivity contribution in [1.82, 2.24) is 19.8 Å². The summed E-state index contributed by atoms with van der Waals surface area (Å²) < 4.78 is 39.2. The number of amides is 2. The number of hydrogen-bond acceptors (Lipinski definition) is 5. The van der Waals surface area contributed by atoms with Crippen LogP contribution in [0.4, 0.5) is 29.5 Å². The number of alkyl halides is 3. The molecule has 3 rings (SSSR count). The van der Waals surface area contributed by atoms with E-state index in [1.165, 1.54) is 12.1 Å². The number of benzene rings is 1. The van der Waals surface area contributed by atoms with Crippen molar-refractivity contribution in [3.8, 4) is 0 Å². The number of carbonyl (C=O) groups excluding carboxylic acids is 1. The van der Waals surface area contributed by atoms with E-state index < -0.39 is 18.0 Å². The lowest BCUT2D eigenvalue weighted by Crippen LogP contribution is -2.19. The van der Waals surface area contributed by atoms with E-state index in [0.717, 1.165) is 5.56 Å². The molecule has 0 fully saturated rings. The zero-order chi connectivity index (χ0) is 18.0. The average molecular weight is 351 g/mol. The van der Waals surface area contributed by atoms with Crippen LogP contribution in [-0.4, -0.2) is 25.8 Å². The first-order valence-corrected chi connectivity index (χ1v) is 7.02. The molecule has 11 heteroatoms. The van der Waals surface area contributed by atoms with Gasteiger partial charge in [0.25, 0.3) is 5.82 Å². The molecule has 0 unspecified atom stereocenters. The highest BCUT2D eigenvalue weighted by atomic mass is 19.4. The third kappa shape index (κ3) is 3.76. The van der Waals surface area contributed by atoms with Gasteiger partial charge in [0, 0.05) is 12.2 Å². The van der Waals surface area contributed by atoms with Crippen LogP contribution in [-0.2, 0) is 12.7 Å². The molecule has 0 bridgehead atoms. The SMILES string of the molecule is NC(=O)Nc1ccc(CNc2ccc3nnc(C(F)(F)F)n3n2)cc1. The normalized spacial score (nSPS) is 11.5. The Hall–Kier alpha value is -3.37. The van der Waals surface area contributed by atoms with E-state index in [2.05, 4.69) is 25.9 Å². The molecule has 4 N–H and O–H groups in total. The van der Waals surface area contributed by atoms with Crippen LogP contribution in [0.25, 0.3) is 5.65 Å². The molecule has 0 saturated heterocycles. The summed E-state index contributed by atoms with van der Waals surface area (Å²) in [5, 5.41) is 15.7. The second kappa shape index (κ2) is 6.26. The summed E-state index contributed by atoms with van der Waals surface area (Å²) in [4.78, 5) is 10.7. The first kappa shape index (κ1) is 16.5. The number of anilines is 2. The molecule has 0 saturated carbocycles. The Bertz CT molecular complexity index is 905. The lowest BCUT2D eigenvalue weighted by Gasteiger charge is -2.08. The van der Waals surface area contributed by atoms with Crippen LogP contribution in [0.2, 0.25) is 0 Å². The molecular weight excluding hydrogens is 339 g/mol. The number of fused-ring (bicyclic) bond motifs is 1. The summed E-state index contributed by atoms with van der Waals surface area (Å²) in [6.45, 7) is 0.318. The molecule has 2 amide bonds. The van der Waals surface area contributed by atoms with Gasteiger partial charge < -0.3 is 16.4 Å². The van der Waals surface area contributed by atoms with Crippen LogP contribution >= 0.6 is 0 Å². The molecule has 2 aromatic heterocycles. The van der Waals surface area contributed by atoms with Crippen molar-refractivity contribution in [3.05, 3.63) is 47.8 Å².